The summed E-state index contributed by atoms with van der Waals surface area (Å²) >= 11 is 13.4. The number of hydrogen-bond donors (Lipinski definition) is 4. The number of phenolic OH excluding ortho intramolecular Hbond substituents is 2. The zero-order chi connectivity index (χ0) is 27.0. The van der Waals surface area contributed by atoms with Gasteiger partial charge in [-0.2, -0.15) is 16.8 Å². The van der Waals surface area contributed by atoms with E-state index in [1.807, 2.05) is 0 Å². The largest absolute Gasteiger partial charge is 0.506 e. The number of fused-ring (bicyclic) bond motifs is 1. The minimum Gasteiger partial charge on any atom is -0.506 e. The van der Waals surface area contributed by atoms with Gasteiger partial charge in [0.05, 0.1) is 5.56 Å². The first-order valence-electron chi connectivity index (χ1n) is 9.23. The number of ether oxygens (including phenoxy) is 1. The van der Waals surface area contributed by atoms with Gasteiger partial charge in [-0.3, -0.25) is 9.11 Å². The number of carbonyl (C=O) groups excluding carboxylic acids is 1. The molecule has 0 bridgehead atoms. The maximum atomic E-state index is 13.2. The number of carbonyl (C=O) groups is 1. The van der Waals surface area contributed by atoms with Gasteiger partial charge in [-0.15, -0.1) is 0 Å². The summed E-state index contributed by atoms with van der Waals surface area (Å²) < 4.78 is 74.1. The predicted molar refractivity (Wildman–Crippen MR) is 144 cm³/mol. The molecule has 4 rings (SSSR count). The fourth-order valence-corrected chi connectivity index (χ4v) is 7.62. The number of halogens is 4. The number of rotatable bonds is 4. The van der Waals surface area contributed by atoms with Crippen molar-refractivity contribution in [3.63, 3.8) is 0 Å². The number of esters is 1. The van der Waals surface area contributed by atoms with E-state index in [-0.39, 0.29) is 60.8 Å². The smallest absolute Gasteiger partial charge is 0.341 e. The van der Waals surface area contributed by atoms with Crippen molar-refractivity contribution < 1.29 is 45.7 Å². The molecule has 1 radical (unpaired) electrons. The quantitative estimate of drug-likeness (QED) is 0.0949. The van der Waals surface area contributed by atoms with Crippen LogP contribution < -0.4 is 0 Å². The van der Waals surface area contributed by atoms with Crippen molar-refractivity contribution in [3.8, 4) is 11.5 Å². The van der Waals surface area contributed by atoms with Gasteiger partial charge in [0.15, 0.2) is 5.60 Å². The number of benzene rings is 3. The van der Waals surface area contributed by atoms with E-state index in [4.69, 9.17) is 4.74 Å². The topological polar surface area (TPSA) is 176 Å². The average Bonchev–Trinajstić information content (AvgIpc) is 3.09. The first kappa shape index (κ1) is 31.0. The summed E-state index contributed by atoms with van der Waals surface area (Å²) in [7, 11) is -9.92. The van der Waals surface area contributed by atoms with E-state index in [9.17, 15) is 40.9 Å². The van der Waals surface area contributed by atoms with Crippen molar-refractivity contribution in [2.24, 2.45) is 0 Å². The maximum absolute atomic E-state index is 13.2. The molecule has 191 valence electrons. The van der Waals surface area contributed by atoms with E-state index in [1.54, 1.807) is 0 Å². The predicted octanol–water partition coefficient (Wildman–Crippen LogP) is 4.72. The molecule has 1 aliphatic heterocycles. The molecule has 0 aromatic heterocycles. The van der Waals surface area contributed by atoms with Crippen LogP contribution in [0.3, 0.4) is 0 Å². The van der Waals surface area contributed by atoms with Crippen LogP contribution in [0.25, 0.3) is 0 Å². The van der Waals surface area contributed by atoms with E-state index >= 15 is 0 Å². The second kappa shape index (κ2) is 10.5. The fourth-order valence-electron chi connectivity index (χ4n) is 3.85. The molecular weight excluding hydrogens is 807 g/mol. The first-order chi connectivity index (χ1) is 16.5. The van der Waals surface area contributed by atoms with Gasteiger partial charge in [-0.1, -0.05) is 12.1 Å². The van der Waals surface area contributed by atoms with Gasteiger partial charge in [0.2, 0.25) is 0 Å². The van der Waals surface area contributed by atoms with E-state index < -0.39 is 53.1 Å². The Kier molecular flexibility index (Phi) is 8.77. The Balaban J connectivity index is 0.00000380. The number of aromatic hydroxyl groups is 2. The van der Waals surface area contributed by atoms with Crippen LogP contribution in [-0.2, 0) is 30.6 Å². The molecule has 3 aromatic carbocycles. The van der Waals surface area contributed by atoms with E-state index in [1.165, 1.54) is 12.1 Å². The molecule has 0 atom stereocenters. The van der Waals surface area contributed by atoms with Crippen LogP contribution in [0.15, 0.2) is 64.1 Å². The third kappa shape index (κ3) is 5.08. The Morgan fingerprint density at radius 2 is 1.11 bits per heavy atom. The van der Waals surface area contributed by atoms with Crippen molar-refractivity contribution in [2.75, 3.05) is 0 Å². The SMILES string of the molecule is O=C1OC(c2ccc(O)c(S(=O)(=O)O)c2)(c2ccc(O)c(S(=O)(=O)O)c2)c2c(Br)c(Br)c(Br)c(Br)c21.[Na]. The number of hydrogen-bond acceptors (Lipinski definition) is 8. The molecule has 10 nitrogen and oxygen atoms in total. The van der Waals surface area contributed by atoms with Crippen LogP contribution in [0, 0.1) is 0 Å². The zero-order valence-corrected chi connectivity index (χ0v) is 28.0. The molecule has 0 spiro atoms. The van der Waals surface area contributed by atoms with Crippen LogP contribution in [0.2, 0.25) is 0 Å². The molecule has 37 heavy (non-hydrogen) atoms. The van der Waals surface area contributed by atoms with Crippen molar-refractivity contribution in [2.45, 2.75) is 15.4 Å². The molecule has 17 heteroatoms. The van der Waals surface area contributed by atoms with E-state index in [2.05, 4.69) is 63.7 Å². The second-order valence-electron chi connectivity index (χ2n) is 7.39. The van der Waals surface area contributed by atoms with E-state index in [0.29, 0.717) is 8.95 Å². The molecule has 1 heterocycles. The minimum atomic E-state index is -4.96. The van der Waals surface area contributed by atoms with Crippen LogP contribution in [0.4, 0.5) is 0 Å². The van der Waals surface area contributed by atoms with Gasteiger partial charge >= 0.3 is 5.97 Å². The van der Waals surface area contributed by atoms with E-state index in [0.717, 1.165) is 24.3 Å². The molecule has 0 fully saturated rings. The van der Waals surface area contributed by atoms with Crippen LogP contribution in [0.5, 0.6) is 11.5 Å². The summed E-state index contributed by atoms with van der Waals surface area (Å²) in [5.41, 5.74) is -2.31. The van der Waals surface area contributed by atoms with Crippen molar-refractivity contribution in [3.05, 3.63) is 76.5 Å². The van der Waals surface area contributed by atoms with Crippen molar-refractivity contribution in [1.29, 1.82) is 0 Å². The standard InChI is InChI=1S/C20H10Br4O10S2.Na/c21-15-13-14(16(22)18(24)17(15)23)20(34-19(13)27,7-1-3-9(25)11(5-7)35(28,29)30)8-2-4-10(26)12(6-8)36(31,32)33;/h1-6,25-26H,(H,28,29,30)(H,31,32,33);. The monoisotopic (exact) mass is 813 g/mol. The van der Waals surface area contributed by atoms with Gasteiger partial charge in [-0.25, -0.2) is 4.79 Å². The summed E-state index contributed by atoms with van der Waals surface area (Å²) in [4.78, 5) is 11.4. The Labute approximate surface area is 265 Å². The second-order valence-corrected chi connectivity index (χ2v) is 13.3. The Morgan fingerprint density at radius 3 is 1.51 bits per heavy atom. The average molecular weight is 817 g/mol. The maximum Gasteiger partial charge on any atom is 0.341 e. The molecule has 4 N–H and O–H groups in total. The number of cyclic esters (lactones) is 1. The van der Waals surface area contributed by atoms with Gasteiger partial charge in [-0.05, 0) is 88.0 Å². The summed E-state index contributed by atoms with van der Waals surface area (Å²) in [6, 6.07) is 5.97. The molecule has 0 saturated carbocycles. The summed E-state index contributed by atoms with van der Waals surface area (Å²) in [5.74, 6) is -2.52. The van der Waals surface area contributed by atoms with Gasteiger partial charge < -0.3 is 14.9 Å². The molecule has 3 aromatic rings. The normalized spacial score (nSPS) is 14.6. The minimum absolute atomic E-state index is 0. The van der Waals surface area contributed by atoms with Gasteiger partial charge in [0.1, 0.15) is 21.3 Å². The van der Waals surface area contributed by atoms with Crippen molar-refractivity contribution in [1.82, 2.24) is 0 Å². The molecule has 0 saturated heterocycles. The van der Waals surface area contributed by atoms with Gasteiger partial charge in [0.25, 0.3) is 20.2 Å². The van der Waals surface area contributed by atoms with Crippen molar-refractivity contribution >= 4 is 119 Å². The van der Waals surface area contributed by atoms with Gasteiger partial charge in [0, 0.05) is 64.1 Å². The fraction of sp³-hybridized carbons (Fsp3) is 0.0500. The third-order valence-electron chi connectivity index (χ3n) is 5.36. The summed E-state index contributed by atoms with van der Waals surface area (Å²) in [6.45, 7) is 0. The Hall–Kier alpha value is -0.530. The van der Waals surface area contributed by atoms with Crippen LogP contribution in [-0.4, -0.2) is 71.7 Å². The first-order valence-corrected chi connectivity index (χ1v) is 15.3. The Morgan fingerprint density at radius 1 is 0.703 bits per heavy atom. The molecular formula is C20H10Br4NaO10S2. The summed E-state index contributed by atoms with van der Waals surface area (Å²) in [6.07, 6.45) is 0. The zero-order valence-electron chi connectivity index (χ0n) is 18.0. The molecule has 1 aliphatic rings. The van der Waals surface area contributed by atoms with Crippen LogP contribution >= 0.6 is 63.7 Å². The molecule has 0 aliphatic carbocycles. The summed E-state index contributed by atoms with van der Waals surface area (Å²) in [5, 5.41) is 20.1. The Bertz CT molecular complexity index is 1630. The van der Waals surface area contributed by atoms with Crippen LogP contribution in [0.1, 0.15) is 27.0 Å². The molecule has 0 amide bonds. The molecule has 0 unspecified atom stereocenters. The number of phenols is 2. The third-order valence-corrected chi connectivity index (χ3v) is 11.9.